The summed E-state index contributed by atoms with van der Waals surface area (Å²) in [6, 6.07) is 11.9. The van der Waals surface area contributed by atoms with E-state index in [0.29, 0.717) is 11.8 Å². The van der Waals surface area contributed by atoms with Gasteiger partial charge in [-0.2, -0.15) is 0 Å². The second-order valence-electron chi connectivity index (χ2n) is 5.98. The molecule has 0 amide bonds. The second kappa shape index (κ2) is 5.13. The molecule has 0 fully saturated rings. The predicted molar refractivity (Wildman–Crippen MR) is 81.7 cm³/mol. The zero-order valence-electron chi connectivity index (χ0n) is 12.4. The third kappa shape index (κ3) is 2.84. The molecule has 3 rings (SSSR count). The van der Waals surface area contributed by atoms with Gasteiger partial charge in [0.05, 0.1) is 0 Å². The van der Waals surface area contributed by atoms with Gasteiger partial charge in [0, 0.05) is 23.5 Å². The molecule has 0 bridgehead atoms. The number of nitrogens with zero attached hydrogens (tertiary/aromatic N) is 3. The highest BCUT2D eigenvalue weighted by molar-refractivity contribution is 5.57. The van der Waals surface area contributed by atoms with Crippen LogP contribution in [0, 0.1) is 0 Å². The summed E-state index contributed by atoms with van der Waals surface area (Å²) in [6.45, 7) is 6.57. The van der Waals surface area contributed by atoms with Crippen molar-refractivity contribution >= 4 is 0 Å². The van der Waals surface area contributed by atoms with Gasteiger partial charge in [-0.05, 0) is 35.2 Å². The van der Waals surface area contributed by atoms with Gasteiger partial charge in [-0.1, -0.05) is 32.9 Å². The quantitative estimate of drug-likeness (QED) is 0.708. The van der Waals surface area contributed by atoms with Gasteiger partial charge in [0.2, 0.25) is 11.8 Å². The highest BCUT2D eigenvalue weighted by Crippen LogP contribution is 2.27. The van der Waals surface area contributed by atoms with E-state index in [4.69, 9.17) is 4.42 Å². The molecule has 0 saturated carbocycles. The van der Waals surface area contributed by atoms with Crippen molar-refractivity contribution in [3.63, 3.8) is 0 Å². The fourth-order valence-corrected chi connectivity index (χ4v) is 2.06. The van der Waals surface area contributed by atoms with Crippen LogP contribution in [0.5, 0.6) is 0 Å². The summed E-state index contributed by atoms with van der Waals surface area (Å²) in [6.07, 6.45) is 3.41. The Labute approximate surface area is 123 Å². The van der Waals surface area contributed by atoms with E-state index in [9.17, 15) is 0 Å². The maximum absolute atomic E-state index is 5.73. The van der Waals surface area contributed by atoms with E-state index >= 15 is 0 Å². The molecule has 0 spiro atoms. The van der Waals surface area contributed by atoms with Gasteiger partial charge in [0.1, 0.15) is 0 Å². The molecule has 0 aliphatic heterocycles. The lowest BCUT2D eigenvalue weighted by Crippen LogP contribution is -2.10. The first-order chi connectivity index (χ1) is 10.0. The second-order valence-corrected chi connectivity index (χ2v) is 5.98. The maximum Gasteiger partial charge on any atom is 0.248 e. The summed E-state index contributed by atoms with van der Waals surface area (Å²) in [4.78, 5) is 3.98. The minimum atomic E-state index is 0.134. The SMILES string of the molecule is CC(C)(C)c1ccc(-c2nnc(-c3ccncc3)o2)cc1. The number of rotatable bonds is 2. The van der Waals surface area contributed by atoms with Crippen LogP contribution in [0.2, 0.25) is 0 Å². The first kappa shape index (κ1) is 13.5. The molecule has 0 atom stereocenters. The highest BCUT2D eigenvalue weighted by atomic mass is 16.4. The summed E-state index contributed by atoms with van der Waals surface area (Å²) < 4.78 is 5.73. The van der Waals surface area contributed by atoms with Crippen LogP contribution < -0.4 is 0 Å². The number of pyridine rings is 1. The Morgan fingerprint density at radius 2 is 1.29 bits per heavy atom. The first-order valence-electron chi connectivity index (χ1n) is 6.89. The van der Waals surface area contributed by atoms with Crippen molar-refractivity contribution < 1.29 is 4.42 Å². The third-order valence-electron chi connectivity index (χ3n) is 3.35. The van der Waals surface area contributed by atoms with Crippen molar-refractivity contribution in [2.24, 2.45) is 0 Å². The Hall–Kier alpha value is -2.49. The Morgan fingerprint density at radius 1 is 0.762 bits per heavy atom. The van der Waals surface area contributed by atoms with Crippen LogP contribution in [0.25, 0.3) is 22.9 Å². The Bertz CT molecular complexity index is 725. The predicted octanol–water partition coefficient (Wildman–Crippen LogP) is 4.10. The molecule has 106 valence electrons. The van der Waals surface area contributed by atoms with Crippen LogP contribution in [0.1, 0.15) is 26.3 Å². The van der Waals surface area contributed by atoms with Crippen LogP contribution in [0.15, 0.2) is 53.2 Å². The third-order valence-corrected chi connectivity index (χ3v) is 3.35. The molecular formula is C17H17N3O. The molecule has 4 nitrogen and oxygen atoms in total. The summed E-state index contributed by atoms with van der Waals surface area (Å²) in [7, 11) is 0. The molecule has 1 aromatic carbocycles. The molecular weight excluding hydrogens is 262 g/mol. The van der Waals surface area contributed by atoms with Crippen LogP contribution in [-0.2, 0) is 5.41 Å². The minimum absolute atomic E-state index is 0.134. The smallest absolute Gasteiger partial charge is 0.248 e. The van der Waals surface area contributed by atoms with Crippen molar-refractivity contribution in [2.45, 2.75) is 26.2 Å². The standard InChI is InChI=1S/C17H17N3O/c1-17(2,3)14-6-4-12(5-7-14)15-19-20-16(21-15)13-8-10-18-11-9-13/h4-11H,1-3H3. The monoisotopic (exact) mass is 279 g/mol. The van der Waals surface area contributed by atoms with Gasteiger partial charge in [-0.15, -0.1) is 10.2 Å². The summed E-state index contributed by atoms with van der Waals surface area (Å²) in [5.41, 5.74) is 3.21. The number of hydrogen-bond donors (Lipinski definition) is 0. The van der Waals surface area contributed by atoms with Crippen molar-refractivity contribution in [3.05, 3.63) is 54.4 Å². The number of aromatic nitrogens is 3. The molecule has 0 unspecified atom stereocenters. The summed E-state index contributed by atoms with van der Waals surface area (Å²) in [5, 5.41) is 8.21. The first-order valence-corrected chi connectivity index (χ1v) is 6.89. The van der Waals surface area contributed by atoms with E-state index in [0.717, 1.165) is 11.1 Å². The number of hydrogen-bond acceptors (Lipinski definition) is 4. The molecule has 2 heterocycles. The van der Waals surface area contributed by atoms with Gasteiger partial charge < -0.3 is 4.42 Å². The molecule has 0 radical (unpaired) electrons. The van der Waals surface area contributed by atoms with Gasteiger partial charge in [0.15, 0.2) is 0 Å². The normalized spacial score (nSPS) is 11.6. The molecule has 0 N–H and O–H groups in total. The number of benzene rings is 1. The van der Waals surface area contributed by atoms with Crippen molar-refractivity contribution in [2.75, 3.05) is 0 Å². The van der Waals surface area contributed by atoms with Gasteiger partial charge in [-0.3, -0.25) is 4.98 Å². The van der Waals surface area contributed by atoms with E-state index in [1.165, 1.54) is 5.56 Å². The topological polar surface area (TPSA) is 51.8 Å². The fourth-order valence-electron chi connectivity index (χ4n) is 2.06. The Morgan fingerprint density at radius 3 is 1.81 bits per heavy atom. The zero-order valence-corrected chi connectivity index (χ0v) is 12.4. The lowest BCUT2D eigenvalue weighted by molar-refractivity contribution is 0.582. The van der Waals surface area contributed by atoms with E-state index in [-0.39, 0.29) is 5.41 Å². The Balaban J connectivity index is 1.90. The molecule has 0 aliphatic rings. The van der Waals surface area contributed by atoms with E-state index < -0.39 is 0 Å². The molecule has 2 aromatic heterocycles. The maximum atomic E-state index is 5.73. The van der Waals surface area contributed by atoms with Gasteiger partial charge in [0.25, 0.3) is 0 Å². The van der Waals surface area contributed by atoms with E-state index in [1.807, 2.05) is 24.3 Å². The lowest BCUT2D eigenvalue weighted by Gasteiger charge is -2.18. The summed E-state index contributed by atoms with van der Waals surface area (Å²) >= 11 is 0. The summed E-state index contributed by atoms with van der Waals surface area (Å²) in [5.74, 6) is 1.04. The molecule has 0 saturated heterocycles. The lowest BCUT2D eigenvalue weighted by atomic mass is 9.87. The molecule has 3 aromatic rings. The van der Waals surface area contributed by atoms with Crippen LogP contribution in [0.4, 0.5) is 0 Å². The van der Waals surface area contributed by atoms with Gasteiger partial charge in [-0.25, -0.2) is 0 Å². The van der Waals surface area contributed by atoms with E-state index in [1.54, 1.807) is 12.4 Å². The fraction of sp³-hybridized carbons (Fsp3) is 0.235. The van der Waals surface area contributed by atoms with E-state index in [2.05, 4.69) is 48.1 Å². The molecule has 21 heavy (non-hydrogen) atoms. The average molecular weight is 279 g/mol. The van der Waals surface area contributed by atoms with Crippen molar-refractivity contribution in [1.29, 1.82) is 0 Å². The zero-order chi connectivity index (χ0) is 14.9. The molecule has 4 heteroatoms. The van der Waals surface area contributed by atoms with Crippen LogP contribution in [0.3, 0.4) is 0 Å². The molecule has 0 aliphatic carbocycles. The Kier molecular flexibility index (Phi) is 3.29. The highest BCUT2D eigenvalue weighted by Gasteiger charge is 2.15. The average Bonchev–Trinajstić information content (AvgIpc) is 2.97. The van der Waals surface area contributed by atoms with Gasteiger partial charge >= 0.3 is 0 Å². The van der Waals surface area contributed by atoms with Crippen LogP contribution >= 0.6 is 0 Å². The van der Waals surface area contributed by atoms with Crippen molar-refractivity contribution in [1.82, 2.24) is 15.2 Å². The largest absolute Gasteiger partial charge is 0.416 e. The van der Waals surface area contributed by atoms with Crippen LogP contribution in [-0.4, -0.2) is 15.2 Å². The minimum Gasteiger partial charge on any atom is -0.416 e. The van der Waals surface area contributed by atoms with Crippen molar-refractivity contribution in [3.8, 4) is 22.9 Å².